The Morgan fingerprint density at radius 1 is 1.06 bits per heavy atom. The van der Waals surface area contributed by atoms with Crippen molar-refractivity contribution in [1.82, 2.24) is 19.0 Å². The highest BCUT2D eigenvalue weighted by Gasteiger charge is 2.46. The van der Waals surface area contributed by atoms with E-state index in [0.717, 1.165) is 22.5 Å². The molecule has 2 atom stereocenters. The maximum absolute atomic E-state index is 13.4. The van der Waals surface area contributed by atoms with Crippen molar-refractivity contribution in [1.29, 1.82) is 0 Å². The van der Waals surface area contributed by atoms with Crippen LogP contribution in [0.1, 0.15) is 40.3 Å². The molecule has 32 heavy (non-hydrogen) atoms. The van der Waals surface area contributed by atoms with Crippen molar-refractivity contribution in [3.05, 3.63) is 77.1 Å². The van der Waals surface area contributed by atoms with Crippen LogP contribution in [0.2, 0.25) is 0 Å². The summed E-state index contributed by atoms with van der Waals surface area (Å²) in [5, 5.41) is 4.62. The average Bonchev–Trinajstić information content (AvgIpc) is 3.21. The van der Waals surface area contributed by atoms with Crippen LogP contribution in [0.5, 0.6) is 0 Å². The Bertz CT molecular complexity index is 1220. The molecule has 2 aliphatic rings. The van der Waals surface area contributed by atoms with E-state index in [0.29, 0.717) is 30.2 Å². The highest BCUT2D eigenvalue weighted by Crippen LogP contribution is 2.39. The maximum atomic E-state index is 13.4. The average molecular weight is 451 g/mol. The largest absolute Gasteiger partial charge is 0.593 e. The summed E-state index contributed by atoms with van der Waals surface area (Å²) in [6.07, 6.45) is 0. The van der Waals surface area contributed by atoms with Crippen molar-refractivity contribution in [3.63, 3.8) is 0 Å². The van der Waals surface area contributed by atoms with Crippen molar-refractivity contribution in [3.8, 4) is 5.69 Å². The summed E-state index contributed by atoms with van der Waals surface area (Å²) in [7, 11) is -3.49. The number of aromatic nitrogens is 2. The van der Waals surface area contributed by atoms with E-state index in [-0.39, 0.29) is 17.9 Å². The number of hydrogen-bond donors (Lipinski definition) is 0. The van der Waals surface area contributed by atoms with Gasteiger partial charge in [-0.1, -0.05) is 40.1 Å². The highest BCUT2D eigenvalue weighted by atomic mass is 32.3. The zero-order valence-corrected chi connectivity index (χ0v) is 19.2. The van der Waals surface area contributed by atoms with Gasteiger partial charge in [0.15, 0.2) is 15.3 Å². The molecule has 166 valence electrons. The Morgan fingerprint density at radius 2 is 1.72 bits per heavy atom. The summed E-state index contributed by atoms with van der Waals surface area (Å²) < 4.78 is 28.9. The fraction of sp³-hybridized carbons (Fsp3) is 0.333. The van der Waals surface area contributed by atoms with Crippen LogP contribution in [0.25, 0.3) is 5.69 Å². The summed E-state index contributed by atoms with van der Waals surface area (Å²) in [6.45, 7) is 7.27. The number of sulfonamides is 1. The SMILES string of the molecule is Cc1ccc([S+](=O)([O-])N2CC(CN3C(=O)c4c(c(C)nn4-c4ccccc4)C3C)C2)cc1. The van der Waals surface area contributed by atoms with Crippen LogP contribution in [0.4, 0.5) is 0 Å². The third-order valence-electron chi connectivity index (χ3n) is 6.49. The number of carbonyl (C=O) groups excluding carboxylic acids is 1. The summed E-state index contributed by atoms with van der Waals surface area (Å²) in [6, 6.07) is 16.5. The molecule has 0 N–H and O–H groups in total. The minimum atomic E-state index is -3.49. The number of hydrogen-bond acceptors (Lipinski definition) is 4. The van der Waals surface area contributed by atoms with Crippen LogP contribution in [0.15, 0.2) is 59.5 Å². The zero-order chi connectivity index (χ0) is 22.6. The van der Waals surface area contributed by atoms with Crippen LogP contribution in [0.3, 0.4) is 0 Å². The van der Waals surface area contributed by atoms with Gasteiger partial charge >= 0.3 is 0 Å². The molecule has 2 aliphatic heterocycles. The summed E-state index contributed by atoms with van der Waals surface area (Å²) in [4.78, 5) is 15.5. The molecule has 0 spiro atoms. The number of fused-ring (bicyclic) bond motifs is 1. The molecular weight excluding hydrogens is 424 g/mol. The number of rotatable bonds is 5. The fourth-order valence-corrected chi connectivity index (χ4v) is 6.27. The van der Waals surface area contributed by atoms with E-state index in [2.05, 4.69) is 5.10 Å². The number of para-hydroxylation sites is 1. The smallest absolute Gasteiger partial charge is 0.273 e. The van der Waals surface area contributed by atoms with Gasteiger partial charge in [0.2, 0.25) is 0 Å². The van der Waals surface area contributed by atoms with E-state index in [1.165, 1.54) is 4.31 Å². The van der Waals surface area contributed by atoms with Gasteiger partial charge in [0.05, 0.1) is 30.5 Å². The minimum Gasteiger partial charge on any atom is -0.593 e. The lowest BCUT2D eigenvalue weighted by molar-refractivity contribution is 0.0611. The molecule has 0 saturated carbocycles. The van der Waals surface area contributed by atoms with Gasteiger partial charge < -0.3 is 9.45 Å². The van der Waals surface area contributed by atoms with Crippen LogP contribution >= 0.6 is 0 Å². The third-order valence-corrected chi connectivity index (χ3v) is 8.34. The van der Waals surface area contributed by atoms with Crippen LogP contribution in [-0.2, 0) is 14.6 Å². The number of benzene rings is 2. The molecule has 3 heterocycles. The van der Waals surface area contributed by atoms with Gasteiger partial charge in [-0.3, -0.25) is 4.79 Å². The Morgan fingerprint density at radius 3 is 2.38 bits per heavy atom. The van der Waals surface area contributed by atoms with E-state index in [1.807, 2.05) is 68.1 Å². The molecule has 1 saturated heterocycles. The summed E-state index contributed by atoms with van der Waals surface area (Å²) in [5.74, 6) is 0.0702. The fourth-order valence-electron chi connectivity index (χ4n) is 4.68. The Balaban J connectivity index is 1.31. The molecule has 3 aromatic rings. The first kappa shape index (κ1) is 21.1. The number of carbonyl (C=O) groups is 1. The lowest BCUT2D eigenvalue weighted by Crippen LogP contribution is -2.56. The second-order valence-corrected chi connectivity index (χ2v) is 10.7. The van der Waals surface area contributed by atoms with Gasteiger partial charge in [-0.15, -0.1) is 4.31 Å². The van der Waals surface area contributed by atoms with Crippen molar-refractivity contribution in [2.75, 3.05) is 19.6 Å². The molecule has 0 radical (unpaired) electrons. The van der Waals surface area contributed by atoms with E-state index >= 15 is 0 Å². The summed E-state index contributed by atoms with van der Waals surface area (Å²) >= 11 is 0. The van der Waals surface area contributed by atoms with Gasteiger partial charge in [-0.05, 0) is 45.0 Å². The highest BCUT2D eigenvalue weighted by molar-refractivity contribution is 7.95. The predicted molar refractivity (Wildman–Crippen MR) is 121 cm³/mol. The first-order valence-electron chi connectivity index (χ1n) is 10.8. The molecule has 0 bridgehead atoms. The molecule has 8 heteroatoms. The van der Waals surface area contributed by atoms with E-state index in [4.69, 9.17) is 0 Å². The van der Waals surface area contributed by atoms with Gasteiger partial charge in [0, 0.05) is 18.0 Å². The second-order valence-electron chi connectivity index (χ2n) is 8.73. The maximum Gasteiger partial charge on any atom is 0.273 e. The van der Waals surface area contributed by atoms with Crippen LogP contribution < -0.4 is 0 Å². The van der Waals surface area contributed by atoms with Crippen molar-refractivity contribution >= 4 is 16.3 Å². The molecule has 7 nitrogen and oxygen atoms in total. The minimum absolute atomic E-state index is 0.0446. The topological polar surface area (TPSA) is 81.5 Å². The van der Waals surface area contributed by atoms with Gasteiger partial charge in [-0.25, -0.2) is 4.68 Å². The van der Waals surface area contributed by atoms with Crippen LogP contribution in [-0.4, -0.2) is 49.1 Å². The van der Waals surface area contributed by atoms with E-state index in [9.17, 15) is 13.6 Å². The lowest BCUT2D eigenvalue weighted by Gasteiger charge is -2.41. The monoisotopic (exact) mass is 450 g/mol. The number of nitrogens with zero attached hydrogens (tertiary/aromatic N) is 4. The first-order chi connectivity index (χ1) is 15.3. The van der Waals surface area contributed by atoms with Gasteiger partial charge in [0.1, 0.15) is 5.69 Å². The normalized spacial score (nSPS) is 20.8. The number of aryl methyl sites for hydroxylation is 2. The van der Waals surface area contributed by atoms with Gasteiger partial charge in [0.25, 0.3) is 5.91 Å². The molecule has 0 aliphatic carbocycles. The van der Waals surface area contributed by atoms with E-state index < -0.39 is 10.4 Å². The Labute approximate surface area is 189 Å². The standard InChI is InChI=1S/C24H26N4O3S/c1-16-9-11-21(12-10-16)32(30,31)26-13-19(14-26)15-27-18(3)22-17(2)25-28(23(22)24(27)29)20-7-5-4-6-8-20/h4-12,18-19H,13-15H2,1-3H3. The number of amides is 1. The Kier molecular flexibility index (Phi) is 5.03. The van der Waals surface area contributed by atoms with E-state index in [1.54, 1.807) is 16.8 Å². The molecule has 1 aromatic heterocycles. The quantitative estimate of drug-likeness (QED) is 0.557. The van der Waals surface area contributed by atoms with Gasteiger partial charge in [-0.2, -0.15) is 5.10 Å². The molecular formula is C24H26N4O3S. The molecule has 5 rings (SSSR count). The third kappa shape index (κ3) is 3.30. The van der Waals surface area contributed by atoms with Crippen molar-refractivity contribution < 1.29 is 13.6 Å². The molecule has 1 amide bonds. The van der Waals surface area contributed by atoms with Crippen molar-refractivity contribution in [2.24, 2.45) is 5.92 Å². The first-order valence-corrected chi connectivity index (χ1v) is 12.2. The zero-order valence-electron chi connectivity index (χ0n) is 18.4. The van der Waals surface area contributed by atoms with Crippen LogP contribution in [0, 0.1) is 19.8 Å². The second kappa shape index (κ2) is 7.65. The predicted octanol–water partition coefficient (Wildman–Crippen LogP) is 3.54. The molecule has 2 unspecified atom stereocenters. The summed E-state index contributed by atoms with van der Waals surface area (Å²) in [5.41, 5.74) is 4.31. The van der Waals surface area contributed by atoms with Crippen molar-refractivity contribution in [2.45, 2.75) is 31.7 Å². The lowest BCUT2D eigenvalue weighted by atomic mass is 10.0. The Hall–Kier alpha value is -2.81. The molecule has 2 aromatic carbocycles. The molecule has 1 fully saturated rings.